The first-order valence-corrected chi connectivity index (χ1v) is 20.4. The number of esters is 9. The summed E-state index contributed by atoms with van der Waals surface area (Å²) in [5, 5.41) is 0. The summed E-state index contributed by atoms with van der Waals surface area (Å²) in [6.07, 6.45) is 0.971. The molecule has 4 aliphatic heterocycles. The molecule has 66 heavy (non-hydrogen) atoms. The molecule has 0 saturated carbocycles. The van der Waals surface area contributed by atoms with Gasteiger partial charge >= 0.3 is 53.7 Å². The lowest BCUT2D eigenvalue weighted by Gasteiger charge is -2.31. The molecular formula is C43H49N3O20. The minimum absolute atomic E-state index is 0.0441. The quantitative estimate of drug-likeness (QED) is 0.148. The molecule has 5 rings (SSSR count). The first-order chi connectivity index (χ1) is 31.4. The van der Waals surface area contributed by atoms with Crippen LogP contribution in [0.3, 0.4) is 0 Å². The van der Waals surface area contributed by atoms with Crippen LogP contribution < -0.4 is 0 Å². The Labute approximate surface area is 377 Å². The molecule has 9 atom stereocenters. The maximum atomic E-state index is 13.6. The summed E-state index contributed by atoms with van der Waals surface area (Å²) >= 11 is 0. The fourth-order valence-corrected chi connectivity index (χ4v) is 6.95. The van der Waals surface area contributed by atoms with Gasteiger partial charge in [-0.3, -0.25) is 33.8 Å². The average Bonchev–Trinajstić information content (AvgIpc) is 3.77. The van der Waals surface area contributed by atoms with Gasteiger partial charge in [-0.1, -0.05) is 12.2 Å². The standard InChI is InChI=1S/C43H49N3O20/c1-23(47)56-21-33-35(60-25(3)49)37(62-27(5)51)39(65-33)45-14-8-11-30(17-45)41(53)58-19-32(64-43(55)29-10-7-13-44-16-29)20-59-42(54)31-12-9-15-46(18-31)40-38(63-28(6)52)36(61-26(4)50)34(66-40)22-57-24(2)48/h7-10,13-18,32-40H,11-12,19-22H2,1-6H3/t32?,33-,34+,35-,36+,37-,38+,39-,40+. The van der Waals surface area contributed by atoms with Crippen molar-refractivity contribution in [3.63, 3.8) is 0 Å². The minimum atomic E-state index is -1.37. The van der Waals surface area contributed by atoms with Crippen LogP contribution in [-0.2, 0) is 90.5 Å². The van der Waals surface area contributed by atoms with Crippen LogP contribution in [0.1, 0.15) is 64.7 Å². The summed E-state index contributed by atoms with van der Waals surface area (Å²) in [5.74, 6) is -6.85. The van der Waals surface area contributed by atoms with E-state index in [-0.39, 0.29) is 42.8 Å². The predicted molar refractivity (Wildman–Crippen MR) is 216 cm³/mol. The molecule has 0 aliphatic carbocycles. The van der Waals surface area contributed by atoms with E-state index in [0.717, 1.165) is 27.7 Å². The van der Waals surface area contributed by atoms with Gasteiger partial charge in [-0.15, -0.1) is 0 Å². The number of pyridine rings is 1. The summed E-state index contributed by atoms with van der Waals surface area (Å²) in [7, 11) is 0. The number of nitrogens with zero attached hydrogens (tertiary/aromatic N) is 3. The molecule has 5 heterocycles. The monoisotopic (exact) mass is 927 g/mol. The zero-order valence-corrected chi connectivity index (χ0v) is 36.7. The van der Waals surface area contributed by atoms with E-state index in [1.165, 1.54) is 73.0 Å². The molecule has 0 spiro atoms. The fraction of sp³-hybridized carbons (Fsp3) is 0.488. The van der Waals surface area contributed by atoms with Crippen LogP contribution in [0.25, 0.3) is 0 Å². The second kappa shape index (κ2) is 23.2. The maximum Gasteiger partial charge on any atom is 0.340 e. The van der Waals surface area contributed by atoms with Gasteiger partial charge in [-0.05, 0) is 12.1 Å². The van der Waals surface area contributed by atoms with E-state index in [1.807, 2.05) is 0 Å². The second-order valence-corrected chi connectivity index (χ2v) is 14.9. The third kappa shape index (κ3) is 13.9. The highest BCUT2D eigenvalue weighted by molar-refractivity contribution is 5.90. The Morgan fingerprint density at radius 2 is 1.02 bits per heavy atom. The Bertz CT molecular complexity index is 2010. The van der Waals surface area contributed by atoms with Gasteiger partial charge in [0.15, 0.2) is 43.0 Å². The summed E-state index contributed by atoms with van der Waals surface area (Å²) in [6.45, 7) is 4.98. The third-order valence-electron chi connectivity index (χ3n) is 9.60. The van der Waals surface area contributed by atoms with Gasteiger partial charge in [0, 0.05) is 91.6 Å². The first-order valence-electron chi connectivity index (χ1n) is 20.4. The van der Waals surface area contributed by atoms with E-state index in [1.54, 1.807) is 12.2 Å². The molecule has 0 aromatic carbocycles. The van der Waals surface area contributed by atoms with Crippen molar-refractivity contribution < 1.29 is 95.3 Å². The SMILES string of the molecule is CC(=O)OC[C@@H]1O[C@H](N2C=CCC(C(=O)OCC(COC(=O)C3=CN([C@@H]4O[C@H](COC(C)=O)[C@@H](OC(C)=O)[C@H]4OC(C)=O)C=CC3)OC(=O)c3cccnc3)=C2)[C@@H](OC(C)=O)[C@H]1OC(C)=O. The molecule has 0 amide bonds. The largest absolute Gasteiger partial charge is 0.463 e. The highest BCUT2D eigenvalue weighted by Gasteiger charge is 2.53. The average molecular weight is 928 g/mol. The lowest BCUT2D eigenvalue weighted by atomic mass is 10.1. The predicted octanol–water partition coefficient (Wildman–Crippen LogP) is 1.20. The number of carbonyl (C=O) groups excluding carboxylic acids is 9. The third-order valence-corrected chi connectivity index (χ3v) is 9.60. The topological polar surface area (TPSA) is 275 Å². The molecule has 23 nitrogen and oxygen atoms in total. The minimum Gasteiger partial charge on any atom is -0.463 e. The number of rotatable bonds is 18. The van der Waals surface area contributed by atoms with Gasteiger partial charge in [0.25, 0.3) is 0 Å². The van der Waals surface area contributed by atoms with Gasteiger partial charge in [-0.2, -0.15) is 0 Å². The number of hydrogen-bond donors (Lipinski definition) is 0. The molecule has 2 fully saturated rings. The van der Waals surface area contributed by atoms with Gasteiger partial charge in [0.05, 0.1) is 16.7 Å². The lowest BCUT2D eigenvalue weighted by Crippen LogP contribution is -2.45. The van der Waals surface area contributed by atoms with Crippen LogP contribution in [0, 0.1) is 0 Å². The van der Waals surface area contributed by atoms with Gasteiger partial charge < -0.3 is 61.9 Å². The Hall–Kier alpha value is -7.14. The van der Waals surface area contributed by atoms with Crippen LogP contribution in [0.2, 0.25) is 0 Å². The van der Waals surface area contributed by atoms with E-state index in [9.17, 15) is 43.2 Å². The van der Waals surface area contributed by atoms with Gasteiger partial charge in [-0.25, -0.2) is 14.4 Å². The molecule has 0 bridgehead atoms. The number of carbonyl (C=O) groups is 9. The summed E-state index contributed by atoms with van der Waals surface area (Å²) in [6, 6.07) is 2.93. The van der Waals surface area contributed by atoms with Crippen molar-refractivity contribution >= 4 is 53.7 Å². The van der Waals surface area contributed by atoms with Crippen molar-refractivity contribution in [1.29, 1.82) is 0 Å². The molecule has 356 valence electrons. The Balaban J connectivity index is 1.30. The van der Waals surface area contributed by atoms with E-state index in [4.69, 9.17) is 52.1 Å². The maximum absolute atomic E-state index is 13.6. The lowest BCUT2D eigenvalue weighted by molar-refractivity contribution is -0.166. The molecule has 23 heteroatoms. The zero-order chi connectivity index (χ0) is 48.1. The van der Waals surface area contributed by atoms with Crippen molar-refractivity contribution in [2.24, 2.45) is 0 Å². The van der Waals surface area contributed by atoms with Crippen molar-refractivity contribution in [1.82, 2.24) is 14.8 Å². The highest BCUT2D eigenvalue weighted by atomic mass is 16.7. The van der Waals surface area contributed by atoms with Crippen LogP contribution in [0.5, 0.6) is 0 Å². The van der Waals surface area contributed by atoms with Crippen molar-refractivity contribution in [2.75, 3.05) is 26.4 Å². The number of ether oxygens (including phenoxy) is 11. The van der Waals surface area contributed by atoms with Crippen LogP contribution in [-0.4, -0.2) is 150 Å². The number of allylic oxidation sites excluding steroid dienone is 2. The van der Waals surface area contributed by atoms with Crippen LogP contribution >= 0.6 is 0 Å². The van der Waals surface area contributed by atoms with Crippen molar-refractivity contribution in [2.45, 2.75) is 110 Å². The van der Waals surface area contributed by atoms with Crippen molar-refractivity contribution in [3.05, 3.63) is 78.2 Å². The molecule has 0 radical (unpaired) electrons. The number of aromatic nitrogens is 1. The molecule has 1 aromatic heterocycles. The Kier molecular flexibility index (Phi) is 17.5. The Morgan fingerprint density at radius 1 is 0.591 bits per heavy atom. The number of hydrogen-bond acceptors (Lipinski definition) is 23. The first kappa shape index (κ1) is 49.9. The van der Waals surface area contributed by atoms with Gasteiger partial charge in [0.1, 0.15) is 38.6 Å². The summed E-state index contributed by atoms with van der Waals surface area (Å²) in [5.41, 5.74) is 0.148. The highest BCUT2D eigenvalue weighted by Crippen LogP contribution is 2.34. The van der Waals surface area contributed by atoms with E-state index < -0.39 is 122 Å². The molecule has 4 aliphatic rings. The summed E-state index contributed by atoms with van der Waals surface area (Å²) in [4.78, 5) is 118. The fourth-order valence-electron chi connectivity index (χ4n) is 6.95. The van der Waals surface area contributed by atoms with E-state index >= 15 is 0 Å². The van der Waals surface area contributed by atoms with Crippen LogP contribution in [0.15, 0.2) is 72.6 Å². The van der Waals surface area contributed by atoms with Crippen molar-refractivity contribution in [3.8, 4) is 0 Å². The van der Waals surface area contributed by atoms with Gasteiger partial charge in [0.2, 0.25) is 0 Å². The normalized spacial score (nSPS) is 24.7. The Morgan fingerprint density at radius 3 is 1.39 bits per heavy atom. The molecule has 0 N–H and O–H groups in total. The van der Waals surface area contributed by atoms with E-state index in [0.29, 0.717) is 0 Å². The van der Waals surface area contributed by atoms with E-state index in [2.05, 4.69) is 4.98 Å². The smallest absolute Gasteiger partial charge is 0.340 e. The summed E-state index contributed by atoms with van der Waals surface area (Å²) < 4.78 is 60.8. The second-order valence-electron chi connectivity index (χ2n) is 14.9. The molecule has 1 unspecified atom stereocenters. The zero-order valence-electron chi connectivity index (χ0n) is 36.7. The molecule has 1 aromatic rings. The van der Waals surface area contributed by atoms with Crippen LogP contribution in [0.4, 0.5) is 0 Å². The molecular weight excluding hydrogens is 878 g/mol. The molecule has 2 saturated heterocycles.